The highest BCUT2D eigenvalue weighted by Crippen LogP contribution is 2.33. The molecule has 0 saturated carbocycles. The van der Waals surface area contributed by atoms with Crippen molar-refractivity contribution in [1.82, 2.24) is 9.80 Å². The van der Waals surface area contributed by atoms with E-state index in [1.54, 1.807) is 0 Å². The van der Waals surface area contributed by atoms with Gasteiger partial charge in [0.2, 0.25) is 0 Å². The summed E-state index contributed by atoms with van der Waals surface area (Å²) in [6.45, 7) is 3.00. The van der Waals surface area contributed by atoms with E-state index in [0.29, 0.717) is 18.0 Å². The number of hydrogen-bond donors (Lipinski definition) is 1. The average Bonchev–Trinajstić information content (AvgIpc) is 2.96. The minimum Gasteiger partial charge on any atom is -0.392 e. The van der Waals surface area contributed by atoms with Gasteiger partial charge in [0.05, 0.1) is 6.61 Å². The zero-order valence-electron chi connectivity index (χ0n) is 16.3. The molecule has 2 atom stereocenters. The Kier molecular flexibility index (Phi) is 4.69. The number of aliphatic hydroxyl groups excluding tert-OH is 1. The number of amides is 1. The Bertz CT molecular complexity index is 838. The standard InChI is InChI=1S/C24H28N2O2/c27-16-17-5-8-19(9-6-17)24(28)26-14-18-7-10-22(26)15-25(13-18)23-11-20-3-1-2-4-21(20)12-23/h1-6,8-9,18,22-23,27H,7,10-16H2/t18-,22+/m0/s1. The van der Waals surface area contributed by atoms with E-state index in [1.165, 1.54) is 17.5 Å². The lowest BCUT2D eigenvalue weighted by Crippen LogP contribution is -2.48. The summed E-state index contributed by atoms with van der Waals surface area (Å²) in [5.74, 6) is 0.721. The summed E-state index contributed by atoms with van der Waals surface area (Å²) in [7, 11) is 0. The largest absolute Gasteiger partial charge is 0.392 e. The fourth-order valence-electron chi connectivity index (χ4n) is 5.38. The van der Waals surface area contributed by atoms with E-state index in [1.807, 2.05) is 24.3 Å². The van der Waals surface area contributed by atoms with Gasteiger partial charge in [0.1, 0.15) is 0 Å². The molecule has 2 bridgehead atoms. The molecule has 1 aliphatic carbocycles. The van der Waals surface area contributed by atoms with Gasteiger partial charge in [-0.15, -0.1) is 0 Å². The molecular formula is C24H28N2O2. The monoisotopic (exact) mass is 376 g/mol. The number of piperidine rings is 1. The summed E-state index contributed by atoms with van der Waals surface area (Å²) in [6.07, 6.45) is 4.63. The molecule has 146 valence electrons. The van der Waals surface area contributed by atoms with E-state index in [-0.39, 0.29) is 12.5 Å². The lowest BCUT2D eigenvalue weighted by molar-refractivity contribution is 0.0581. The second-order valence-electron chi connectivity index (χ2n) is 8.69. The molecule has 3 aliphatic heterocycles. The first-order valence-corrected chi connectivity index (χ1v) is 10.5. The fraction of sp³-hybridized carbons (Fsp3) is 0.458. The Morgan fingerprint density at radius 1 is 0.893 bits per heavy atom. The topological polar surface area (TPSA) is 43.8 Å². The minimum absolute atomic E-state index is 0.0155. The molecule has 3 saturated heterocycles. The van der Waals surface area contributed by atoms with Gasteiger partial charge >= 0.3 is 0 Å². The van der Waals surface area contributed by atoms with Crippen LogP contribution >= 0.6 is 0 Å². The van der Waals surface area contributed by atoms with Crippen molar-refractivity contribution in [1.29, 1.82) is 0 Å². The molecule has 1 N–H and O–H groups in total. The van der Waals surface area contributed by atoms with Crippen LogP contribution in [-0.2, 0) is 19.4 Å². The van der Waals surface area contributed by atoms with Crippen LogP contribution in [0.5, 0.6) is 0 Å². The van der Waals surface area contributed by atoms with Crippen LogP contribution in [-0.4, -0.2) is 52.5 Å². The molecule has 4 aliphatic rings. The Morgan fingerprint density at radius 3 is 2.29 bits per heavy atom. The quantitative estimate of drug-likeness (QED) is 0.896. The van der Waals surface area contributed by atoms with E-state index in [9.17, 15) is 9.90 Å². The van der Waals surface area contributed by atoms with Gasteiger partial charge in [0.15, 0.2) is 0 Å². The maximum atomic E-state index is 13.2. The van der Waals surface area contributed by atoms with Crippen LogP contribution in [0.3, 0.4) is 0 Å². The van der Waals surface area contributed by atoms with Crippen LogP contribution in [0.15, 0.2) is 48.5 Å². The first kappa shape index (κ1) is 17.9. The molecule has 0 unspecified atom stereocenters. The van der Waals surface area contributed by atoms with Crippen molar-refractivity contribution in [2.75, 3.05) is 19.6 Å². The lowest BCUT2D eigenvalue weighted by atomic mass is 9.94. The first-order chi connectivity index (χ1) is 13.7. The van der Waals surface area contributed by atoms with Gasteiger partial charge < -0.3 is 10.0 Å². The van der Waals surface area contributed by atoms with Crippen molar-refractivity contribution in [3.05, 3.63) is 70.8 Å². The third kappa shape index (κ3) is 3.25. The van der Waals surface area contributed by atoms with Crippen molar-refractivity contribution in [3.63, 3.8) is 0 Å². The molecule has 3 heterocycles. The number of aliphatic hydroxyl groups is 1. The van der Waals surface area contributed by atoms with Crippen LogP contribution in [0.4, 0.5) is 0 Å². The normalized spacial score (nSPS) is 25.0. The molecule has 1 amide bonds. The van der Waals surface area contributed by atoms with E-state index in [2.05, 4.69) is 34.1 Å². The molecule has 0 spiro atoms. The van der Waals surface area contributed by atoms with Crippen LogP contribution in [0, 0.1) is 5.92 Å². The molecule has 4 nitrogen and oxygen atoms in total. The zero-order valence-corrected chi connectivity index (χ0v) is 16.3. The van der Waals surface area contributed by atoms with Crippen molar-refractivity contribution >= 4 is 5.91 Å². The number of benzene rings is 2. The van der Waals surface area contributed by atoms with E-state index in [0.717, 1.165) is 50.0 Å². The van der Waals surface area contributed by atoms with Gasteiger partial charge in [-0.25, -0.2) is 0 Å². The highest BCUT2D eigenvalue weighted by atomic mass is 16.3. The third-order valence-corrected chi connectivity index (χ3v) is 6.93. The second-order valence-corrected chi connectivity index (χ2v) is 8.69. The zero-order chi connectivity index (χ0) is 19.1. The molecule has 28 heavy (non-hydrogen) atoms. The van der Waals surface area contributed by atoms with Gasteiger partial charge in [0.25, 0.3) is 5.91 Å². The van der Waals surface area contributed by atoms with Crippen LogP contribution in [0.25, 0.3) is 0 Å². The Hall–Kier alpha value is -2.17. The highest BCUT2D eigenvalue weighted by Gasteiger charge is 2.40. The highest BCUT2D eigenvalue weighted by molar-refractivity contribution is 5.94. The number of hydrogen-bond acceptors (Lipinski definition) is 3. The maximum Gasteiger partial charge on any atom is 0.254 e. The summed E-state index contributed by atoms with van der Waals surface area (Å²) in [5, 5.41) is 9.24. The Morgan fingerprint density at radius 2 is 1.61 bits per heavy atom. The predicted octanol–water partition coefficient (Wildman–Crippen LogP) is 2.88. The smallest absolute Gasteiger partial charge is 0.254 e. The third-order valence-electron chi connectivity index (χ3n) is 6.93. The van der Waals surface area contributed by atoms with E-state index < -0.39 is 0 Å². The van der Waals surface area contributed by atoms with Gasteiger partial charge in [0, 0.05) is 37.3 Å². The molecule has 4 heteroatoms. The fourth-order valence-corrected chi connectivity index (χ4v) is 5.38. The van der Waals surface area contributed by atoms with Gasteiger partial charge in [-0.05, 0) is 60.4 Å². The van der Waals surface area contributed by atoms with Crippen molar-refractivity contribution in [3.8, 4) is 0 Å². The summed E-state index contributed by atoms with van der Waals surface area (Å²) < 4.78 is 0. The van der Waals surface area contributed by atoms with Gasteiger partial charge in [-0.1, -0.05) is 36.4 Å². The number of rotatable bonds is 3. The van der Waals surface area contributed by atoms with E-state index in [4.69, 9.17) is 0 Å². The summed E-state index contributed by atoms with van der Waals surface area (Å²) in [5.41, 5.74) is 4.59. The lowest BCUT2D eigenvalue weighted by Gasteiger charge is -2.36. The predicted molar refractivity (Wildman–Crippen MR) is 109 cm³/mol. The molecular weight excluding hydrogens is 348 g/mol. The van der Waals surface area contributed by atoms with Gasteiger partial charge in [-0.2, -0.15) is 0 Å². The van der Waals surface area contributed by atoms with Gasteiger partial charge in [-0.3, -0.25) is 9.69 Å². The molecule has 3 fully saturated rings. The number of nitrogens with zero attached hydrogens (tertiary/aromatic N) is 2. The maximum absolute atomic E-state index is 13.2. The number of carbonyl (C=O) groups excluding carboxylic acids is 1. The Labute approximate surface area is 166 Å². The second kappa shape index (κ2) is 7.34. The van der Waals surface area contributed by atoms with Crippen molar-refractivity contribution in [2.45, 2.75) is 44.4 Å². The number of fused-ring (bicyclic) bond motifs is 5. The van der Waals surface area contributed by atoms with Crippen LogP contribution in [0.1, 0.15) is 39.9 Å². The SMILES string of the molecule is O=C(c1ccc(CO)cc1)N1C[C@H]2CC[C@@H]1CN(C1Cc3ccccc3C1)C2. The molecule has 2 aromatic carbocycles. The molecule has 2 aromatic rings. The van der Waals surface area contributed by atoms with E-state index >= 15 is 0 Å². The molecule has 6 rings (SSSR count). The summed E-state index contributed by atoms with van der Waals surface area (Å²) >= 11 is 0. The number of carbonyl (C=O) groups is 1. The summed E-state index contributed by atoms with van der Waals surface area (Å²) in [6, 6.07) is 17.2. The molecule has 0 radical (unpaired) electrons. The van der Waals surface area contributed by atoms with Crippen LogP contribution < -0.4 is 0 Å². The summed E-state index contributed by atoms with van der Waals surface area (Å²) in [4.78, 5) is 18.0. The van der Waals surface area contributed by atoms with Crippen molar-refractivity contribution in [2.24, 2.45) is 5.92 Å². The molecule has 0 aromatic heterocycles. The van der Waals surface area contributed by atoms with Crippen LogP contribution in [0.2, 0.25) is 0 Å². The first-order valence-electron chi connectivity index (χ1n) is 10.5. The minimum atomic E-state index is 0.0155. The Balaban J connectivity index is 1.32. The average molecular weight is 377 g/mol. The van der Waals surface area contributed by atoms with Crippen molar-refractivity contribution < 1.29 is 9.90 Å².